The number of nitrogens with two attached hydrogens (primary N) is 2. The second-order valence-corrected chi connectivity index (χ2v) is 7.22. The van der Waals surface area contributed by atoms with E-state index in [1.165, 1.54) is 12.1 Å². The predicted octanol–water partition coefficient (Wildman–Crippen LogP) is 1.96. The van der Waals surface area contributed by atoms with E-state index in [2.05, 4.69) is 21.7 Å². The first-order chi connectivity index (χ1) is 15.9. The molecule has 1 heterocycles. The zero-order chi connectivity index (χ0) is 23.8. The fraction of sp³-hybridized carbons (Fsp3) is 0.167. The molecule has 8 nitrogen and oxygen atoms in total. The fourth-order valence-corrected chi connectivity index (χ4v) is 3.23. The standard InChI is InChI=1S/C24H23FN6O2/c25-17-6-3-4-15(12-17)10-11-29-23-19(24(33)31-21(14-27)22(28)32)8-9-20(30-23)18-7-2-1-5-16(18)13-26/h1-9,12,21H,10-11,14,27H2,(H2,28,32)(H,29,30)(H,31,33)/t21-/m1/s1. The van der Waals surface area contributed by atoms with Crippen LogP contribution in [0.2, 0.25) is 0 Å². The molecule has 0 saturated heterocycles. The van der Waals surface area contributed by atoms with Crippen molar-refractivity contribution in [2.75, 3.05) is 18.4 Å². The number of nitriles is 1. The van der Waals surface area contributed by atoms with Gasteiger partial charge in [0.2, 0.25) is 5.91 Å². The summed E-state index contributed by atoms with van der Waals surface area (Å²) in [6.07, 6.45) is 0.478. The van der Waals surface area contributed by atoms with Crippen LogP contribution in [0.4, 0.5) is 10.2 Å². The Kier molecular flexibility index (Phi) is 7.68. The summed E-state index contributed by atoms with van der Waals surface area (Å²) in [4.78, 5) is 28.9. The Hall–Kier alpha value is -4.29. The lowest BCUT2D eigenvalue weighted by Crippen LogP contribution is -2.49. The van der Waals surface area contributed by atoms with Gasteiger partial charge >= 0.3 is 0 Å². The van der Waals surface area contributed by atoms with Crippen LogP contribution in [0.5, 0.6) is 0 Å². The zero-order valence-electron chi connectivity index (χ0n) is 17.7. The largest absolute Gasteiger partial charge is 0.369 e. The molecule has 0 radical (unpaired) electrons. The number of primary amides is 1. The summed E-state index contributed by atoms with van der Waals surface area (Å²) in [7, 11) is 0. The van der Waals surface area contributed by atoms with Crippen molar-refractivity contribution in [3.8, 4) is 17.3 Å². The van der Waals surface area contributed by atoms with Crippen LogP contribution < -0.4 is 22.1 Å². The molecular weight excluding hydrogens is 423 g/mol. The second-order valence-electron chi connectivity index (χ2n) is 7.22. The van der Waals surface area contributed by atoms with Crippen molar-refractivity contribution in [2.45, 2.75) is 12.5 Å². The van der Waals surface area contributed by atoms with Gasteiger partial charge in [-0.1, -0.05) is 30.3 Å². The molecule has 3 rings (SSSR count). The topological polar surface area (TPSA) is 147 Å². The van der Waals surface area contributed by atoms with Crippen molar-refractivity contribution in [1.82, 2.24) is 10.3 Å². The lowest BCUT2D eigenvalue weighted by atomic mass is 10.0. The molecule has 33 heavy (non-hydrogen) atoms. The summed E-state index contributed by atoms with van der Waals surface area (Å²) in [6.45, 7) is 0.209. The Morgan fingerprint density at radius 1 is 1.12 bits per heavy atom. The van der Waals surface area contributed by atoms with E-state index in [0.717, 1.165) is 5.56 Å². The second kappa shape index (κ2) is 10.8. The van der Waals surface area contributed by atoms with Crippen molar-refractivity contribution in [1.29, 1.82) is 5.26 Å². The molecule has 9 heteroatoms. The average Bonchev–Trinajstić information content (AvgIpc) is 2.82. The van der Waals surface area contributed by atoms with Crippen LogP contribution in [0.1, 0.15) is 21.5 Å². The summed E-state index contributed by atoms with van der Waals surface area (Å²) in [5.74, 6) is -1.42. The molecule has 1 atom stereocenters. The van der Waals surface area contributed by atoms with Gasteiger partial charge in [-0.25, -0.2) is 9.37 Å². The van der Waals surface area contributed by atoms with Gasteiger partial charge in [0.15, 0.2) is 0 Å². The van der Waals surface area contributed by atoms with Gasteiger partial charge in [0, 0.05) is 18.7 Å². The van der Waals surface area contributed by atoms with E-state index in [0.29, 0.717) is 29.8 Å². The number of carbonyl (C=O) groups is 2. The van der Waals surface area contributed by atoms with Gasteiger partial charge in [0.25, 0.3) is 5.91 Å². The third kappa shape index (κ3) is 5.90. The molecule has 0 aliphatic heterocycles. The van der Waals surface area contributed by atoms with Gasteiger partial charge < -0.3 is 22.1 Å². The van der Waals surface area contributed by atoms with E-state index in [1.54, 1.807) is 48.5 Å². The van der Waals surface area contributed by atoms with Crippen molar-refractivity contribution in [3.63, 3.8) is 0 Å². The van der Waals surface area contributed by atoms with Crippen LogP contribution >= 0.6 is 0 Å². The number of anilines is 1. The maximum atomic E-state index is 13.5. The van der Waals surface area contributed by atoms with Crippen LogP contribution in [0.15, 0.2) is 60.7 Å². The number of benzene rings is 2. The maximum Gasteiger partial charge on any atom is 0.255 e. The highest BCUT2D eigenvalue weighted by Crippen LogP contribution is 2.25. The smallest absolute Gasteiger partial charge is 0.255 e. The molecule has 1 aromatic heterocycles. The number of rotatable bonds is 9. The summed E-state index contributed by atoms with van der Waals surface area (Å²) in [5.41, 5.74) is 13.3. The fourth-order valence-electron chi connectivity index (χ4n) is 3.23. The molecule has 0 aliphatic carbocycles. The van der Waals surface area contributed by atoms with Crippen molar-refractivity contribution >= 4 is 17.6 Å². The zero-order valence-corrected chi connectivity index (χ0v) is 17.7. The highest BCUT2D eigenvalue weighted by Gasteiger charge is 2.21. The van der Waals surface area contributed by atoms with Crippen molar-refractivity contribution in [3.05, 3.63) is 83.2 Å². The van der Waals surface area contributed by atoms with Gasteiger partial charge in [-0.05, 0) is 42.3 Å². The Labute approximate surface area is 190 Å². The number of halogens is 1. The number of amides is 2. The molecular formula is C24H23FN6O2. The van der Waals surface area contributed by atoms with Crippen LogP contribution in [0, 0.1) is 17.1 Å². The highest BCUT2D eigenvalue weighted by molar-refractivity contribution is 6.01. The Morgan fingerprint density at radius 2 is 1.91 bits per heavy atom. The Balaban J connectivity index is 1.91. The van der Waals surface area contributed by atoms with E-state index in [4.69, 9.17) is 11.5 Å². The highest BCUT2D eigenvalue weighted by atomic mass is 19.1. The lowest BCUT2D eigenvalue weighted by molar-refractivity contribution is -0.119. The monoisotopic (exact) mass is 446 g/mol. The lowest BCUT2D eigenvalue weighted by Gasteiger charge is -2.16. The first kappa shape index (κ1) is 23.4. The van der Waals surface area contributed by atoms with Crippen molar-refractivity contribution in [2.24, 2.45) is 11.5 Å². The number of hydrogen-bond donors (Lipinski definition) is 4. The molecule has 2 aromatic carbocycles. The molecule has 0 unspecified atom stereocenters. The Bertz CT molecular complexity index is 1210. The minimum absolute atomic E-state index is 0.148. The van der Waals surface area contributed by atoms with E-state index in [-0.39, 0.29) is 23.7 Å². The van der Waals surface area contributed by atoms with Crippen LogP contribution in [0.25, 0.3) is 11.3 Å². The van der Waals surface area contributed by atoms with Gasteiger partial charge in [-0.15, -0.1) is 0 Å². The minimum atomic E-state index is -1.03. The number of nitrogens with one attached hydrogen (secondary N) is 2. The number of nitrogens with zero attached hydrogens (tertiary/aromatic N) is 2. The molecule has 0 bridgehead atoms. The molecule has 3 aromatic rings. The third-order valence-electron chi connectivity index (χ3n) is 4.94. The van der Waals surface area contributed by atoms with Crippen molar-refractivity contribution < 1.29 is 14.0 Å². The van der Waals surface area contributed by atoms with Crippen LogP contribution in [0.3, 0.4) is 0 Å². The third-order valence-corrected chi connectivity index (χ3v) is 4.94. The van der Waals surface area contributed by atoms with Gasteiger partial charge in [0.05, 0.1) is 22.9 Å². The predicted molar refractivity (Wildman–Crippen MR) is 122 cm³/mol. The molecule has 0 spiro atoms. The Morgan fingerprint density at radius 3 is 2.61 bits per heavy atom. The molecule has 2 amide bonds. The first-order valence-corrected chi connectivity index (χ1v) is 10.2. The van der Waals surface area contributed by atoms with Crippen LogP contribution in [-0.2, 0) is 11.2 Å². The normalized spacial score (nSPS) is 11.3. The van der Waals surface area contributed by atoms with E-state index in [1.807, 2.05) is 0 Å². The molecule has 0 saturated carbocycles. The quantitative estimate of drug-likeness (QED) is 0.395. The molecule has 0 aliphatic rings. The SMILES string of the molecule is N#Cc1ccccc1-c1ccc(C(=O)N[C@H](CN)C(N)=O)c(NCCc2cccc(F)c2)n1. The molecule has 0 fully saturated rings. The number of hydrogen-bond acceptors (Lipinski definition) is 6. The number of pyridine rings is 1. The molecule has 6 N–H and O–H groups in total. The molecule has 168 valence electrons. The number of aromatic nitrogens is 1. The summed E-state index contributed by atoms with van der Waals surface area (Å²) < 4.78 is 13.5. The average molecular weight is 446 g/mol. The van der Waals surface area contributed by atoms with E-state index < -0.39 is 17.9 Å². The van der Waals surface area contributed by atoms with E-state index in [9.17, 15) is 19.2 Å². The van der Waals surface area contributed by atoms with Gasteiger partial charge in [-0.2, -0.15) is 5.26 Å². The maximum absolute atomic E-state index is 13.5. The van der Waals surface area contributed by atoms with E-state index >= 15 is 0 Å². The van der Waals surface area contributed by atoms with Crippen LogP contribution in [-0.4, -0.2) is 35.9 Å². The van der Waals surface area contributed by atoms with Gasteiger partial charge in [-0.3, -0.25) is 9.59 Å². The van der Waals surface area contributed by atoms with Gasteiger partial charge in [0.1, 0.15) is 17.7 Å². The number of carbonyl (C=O) groups excluding carboxylic acids is 2. The summed E-state index contributed by atoms with van der Waals surface area (Å²) >= 11 is 0. The summed E-state index contributed by atoms with van der Waals surface area (Å²) in [5, 5.41) is 15.0. The minimum Gasteiger partial charge on any atom is -0.369 e. The summed E-state index contributed by atoms with van der Waals surface area (Å²) in [6, 6.07) is 17.4. The first-order valence-electron chi connectivity index (χ1n) is 10.2.